The van der Waals surface area contributed by atoms with Gasteiger partial charge in [-0.25, -0.2) is 4.68 Å². The fourth-order valence-electron chi connectivity index (χ4n) is 3.05. The number of nitrogens with one attached hydrogen (secondary N) is 1. The Morgan fingerprint density at radius 3 is 2.59 bits per heavy atom. The molecule has 1 aromatic heterocycles. The molecular formula is C22H26N4O3. The number of hydrogen-bond acceptors (Lipinski definition) is 5. The van der Waals surface area contributed by atoms with Crippen molar-refractivity contribution in [1.82, 2.24) is 20.3 Å². The largest absolute Gasteiger partial charge is 0.494 e. The highest BCUT2D eigenvalue weighted by molar-refractivity contribution is 5.93. The topological polar surface area (TPSA) is 78.3 Å². The Labute approximate surface area is 170 Å². The van der Waals surface area contributed by atoms with Gasteiger partial charge in [0.25, 0.3) is 5.91 Å². The second kappa shape index (κ2) is 8.77. The maximum atomic E-state index is 12.8. The van der Waals surface area contributed by atoms with Gasteiger partial charge in [-0.05, 0) is 57.5 Å². The zero-order chi connectivity index (χ0) is 21.0. The summed E-state index contributed by atoms with van der Waals surface area (Å²) >= 11 is 0. The van der Waals surface area contributed by atoms with Crippen LogP contribution in [0, 0.1) is 6.92 Å². The summed E-state index contributed by atoms with van der Waals surface area (Å²) in [5, 5.41) is 11.2. The van der Waals surface area contributed by atoms with E-state index in [1.54, 1.807) is 11.8 Å². The molecule has 7 heteroatoms. The highest BCUT2D eigenvalue weighted by Crippen LogP contribution is 2.24. The summed E-state index contributed by atoms with van der Waals surface area (Å²) in [5.74, 6) is 1.14. The van der Waals surface area contributed by atoms with Gasteiger partial charge < -0.3 is 14.8 Å². The molecule has 1 atom stereocenters. The molecule has 7 nitrogen and oxygen atoms in total. The van der Waals surface area contributed by atoms with Gasteiger partial charge in [0, 0.05) is 0 Å². The molecule has 152 valence electrons. The van der Waals surface area contributed by atoms with Crippen LogP contribution in [0.4, 0.5) is 0 Å². The molecule has 0 aliphatic carbocycles. The highest BCUT2D eigenvalue weighted by atomic mass is 16.5. The van der Waals surface area contributed by atoms with Crippen molar-refractivity contribution in [2.75, 3.05) is 7.11 Å². The van der Waals surface area contributed by atoms with E-state index in [0.717, 1.165) is 17.0 Å². The molecule has 29 heavy (non-hydrogen) atoms. The van der Waals surface area contributed by atoms with Crippen LogP contribution < -0.4 is 14.8 Å². The predicted molar refractivity (Wildman–Crippen MR) is 111 cm³/mol. The molecule has 0 aliphatic heterocycles. The Hall–Kier alpha value is -3.35. The van der Waals surface area contributed by atoms with Crippen LogP contribution in [0.15, 0.2) is 48.5 Å². The third-order valence-corrected chi connectivity index (χ3v) is 4.50. The lowest BCUT2D eigenvalue weighted by Gasteiger charge is -2.16. The average Bonchev–Trinajstić information content (AvgIpc) is 3.08. The van der Waals surface area contributed by atoms with E-state index in [9.17, 15) is 4.79 Å². The van der Waals surface area contributed by atoms with Crippen LogP contribution in [0.1, 0.15) is 48.6 Å². The van der Waals surface area contributed by atoms with Gasteiger partial charge in [0.2, 0.25) is 0 Å². The Kier molecular flexibility index (Phi) is 6.16. The molecule has 3 rings (SSSR count). The number of hydrogen-bond donors (Lipinski definition) is 1. The van der Waals surface area contributed by atoms with E-state index in [1.807, 2.05) is 76.2 Å². The smallest absolute Gasteiger partial charge is 0.274 e. The van der Waals surface area contributed by atoms with E-state index < -0.39 is 0 Å². The van der Waals surface area contributed by atoms with Crippen molar-refractivity contribution in [2.24, 2.45) is 0 Å². The summed E-state index contributed by atoms with van der Waals surface area (Å²) in [6.45, 7) is 7.69. The van der Waals surface area contributed by atoms with Crippen LogP contribution in [-0.4, -0.2) is 34.1 Å². The van der Waals surface area contributed by atoms with E-state index in [-0.39, 0.29) is 23.7 Å². The third-order valence-electron chi connectivity index (χ3n) is 4.50. The predicted octanol–water partition coefficient (Wildman–Crippen LogP) is 3.86. The van der Waals surface area contributed by atoms with Gasteiger partial charge in [0.05, 0.1) is 24.9 Å². The molecule has 0 radical (unpaired) electrons. The molecule has 0 saturated carbocycles. The first kappa shape index (κ1) is 20.4. The molecule has 0 saturated heterocycles. The van der Waals surface area contributed by atoms with E-state index in [2.05, 4.69) is 15.6 Å². The number of amides is 1. The zero-order valence-electron chi connectivity index (χ0n) is 17.3. The monoisotopic (exact) mass is 394 g/mol. The third kappa shape index (κ3) is 4.56. The number of ether oxygens (including phenoxy) is 2. The summed E-state index contributed by atoms with van der Waals surface area (Å²) < 4.78 is 12.7. The maximum Gasteiger partial charge on any atom is 0.274 e. The second-order valence-electron chi connectivity index (χ2n) is 7.04. The molecule has 3 aromatic rings. The van der Waals surface area contributed by atoms with Crippen molar-refractivity contribution in [2.45, 2.75) is 39.8 Å². The fraction of sp³-hybridized carbons (Fsp3) is 0.318. The molecule has 2 aromatic carbocycles. The maximum absolute atomic E-state index is 12.8. The van der Waals surface area contributed by atoms with Gasteiger partial charge in [-0.3, -0.25) is 4.79 Å². The van der Waals surface area contributed by atoms with Crippen LogP contribution in [0.5, 0.6) is 11.5 Å². The molecule has 1 heterocycles. The van der Waals surface area contributed by atoms with E-state index >= 15 is 0 Å². The molecule has 1 N–H and O–H groups in total. The van der Waals surface area contributed by atoms with Crippen LogP contribution in [0.3, 0.4) is 0 Å². The van der Waals surface area contributed by atoms with Gasteiger partial charge in [0.15, 0.2) is 5.69 Å². The van der Waals surface area contributed by atoms with Crippen molar-refractivity contribution in [3.8, 4) is 17.2 Å². The number of benzene rings is 2. The first-order valence-corrected chi connectivity index (χ1v) is 9.54. The summed E-state index contributed by atoms with van der Waals surface area (Å²) in [6.07, 6.45) is 0.0859. The minimum atomic E-state index is -0.286. The summed E-state index contributed by atoms with van der Waals surface area (Å²) in [7, 11) is 1.59. The number of nitrogens with zero attached hydrogens (tertiary/aromatic N) is 3. The number of carbonyl (C=O) groups excluding carboxylic acids is 1. The van der Waals surface area contributed by atoms with Crippen LogP contribution in [-0.2, 0) is 0 Å². The second-order valence-corrected chi connectivity index (χ2v) is 7.04. The number of methoxy groups -OCH3 is 1. The van der Waals surface area contributed by atoms with Crippen LogP contribution in [0.25, 0.3) is 5.69 Å². The van der Waals surface area contributed by atoms with Crippen molar-refractivity contribution >= 4 is 5.91 Å². The van der Waals surface area contributed by atoms with Gasteiger partial charge >= 0.3 is 0 Å². The molecule has 0 aliphatic rings. The Morgan fingerprint density at radius 1 is 1.10 bits per heavy atom. The van der Waals surface area contributed by atoms with Gasteiger partial charge in [-0.1, -0.05) is 29.5 Å². The van der Waals surface area contributed by atoms with Crippen molar-refractivity contribution in [1.29, 1.82) is 0 Å². The summed E-state index contributed by atoms with van der Waals surface area (Å²) in [6, 6.07) is 15.0. The van der Waals surface area contributed by atoms with Gasteiger partial charge in [0.1, 0.15) is 17.2 Å². The first-order valence-electron chi connectivity index (χ1n) is 9.54. The van der Waals surface area contributed by atoms with E-state index in [0.29, 0.717) is 11.4 Å². The molecule has 1 unspecified atom stereocenters. The molecule has 0 spiro atoms. The minimum absolute atomic E-state index is 0.0859. The first-order chi connectivity index (χ1) is 13.9. The normalized spacial score (nSPS) is 11.9. The molecule has 0 fully saturated rings. The fourth-order valence-corrected chi connectivity index (χ4v) is 3.05. The van der Waals surface area contributed by atoms with E-state index in [1.165, 1.54) is 0 Å². The zero-order valence-corrected chi connectivity index (χ0v) is 17.3. The molecule has 0 bridgehead atoms. The number of para-hydroxylation sites is 2. The lowest BCUT2D eigenvalue weighted by molar-refractivity contribution is 0.0934. The van der Waals surface area contributed by atoms with Crippen LogP contribution in [0.2, 0.25) is 0 Å². The number of rotatable bonds is 7. The quantitative estimate of drug-likeness (QED) is 0.658. The Balaban J connectivity index is 1.79. The minimum Gasteiger partial charge on any atom is -0.494 e. The SMILES string of the molecule is COc1ccccc1-n1nnc(C(=O)NC(C)c2cccc(OC(C)C)c2)c1C. The Morgan fingerprint density at radius 2 is 1.86 bits per heavy atom. The average molecular weight is 394 g/mol. The van der Waals surface area contributed by atoms with Crippen molar-refractivity contribution in [3.05, 3.63) is 65.5 Å². The molecular weight excluding hydrogens is 368 g/mol. The van der Waals surface area contributed by atoms with Crippen molar-refractivity contribution < 1.29 is 14.3 Å². The van der Waals surface area contributed by atoms with Gasteiger partial charge in [-0.15, -0.1) is 5.10 Å². The molecule has 1 amide bonds. The summed E-state index contributed by atoms with van der Waals surface area (Å²) in [5.41, 5.74) is 2.59. The number of aromatic nitrogens is 3. The lowest BCUT2D eigenvalue weighted by atomic mass is 10.1. The Bertz CT molecular complexity index is 997. The lowest BCUT2D eigenvalue weighted by Crippen LogP contribution is -2.27. The van der Waals surface area contributed by atoms with E-state index in [4.69, 9.17) is 9.47 Å². The van der Waals surface area contributed by atoms with Crippen LogP contribution >= 0.6 is 0 Å². The summed E-state index contributed by atoms with van der Waals surface area (Å²) in [4.78, 5) is 12.8. The van der Waals surface area contributed by atoms with Crippen molar-refractivity contribution in [3.63, 3.8) is 0 Å². The number of carbonyl (C=O) groups is 1. The standard InChI is InChI=1S/C22H26N4O3/c1-14(2)29-18-10-8-9-17(13-18)15(3)23-22(27)21-16(4)26(25-24-21)19-11-6-7-12-20(19)28-5/h6-15H,1-5H3,(H,23,27). The van der Waals surface area contributed by atoms with Gasteiger partial charge in [-0.2, -0.15) is 0 Å². The highest BCUT2D eigenvalue weighted by Gasteiger charge is 2.21.